The van der Waals surface area contributed by atoms with Gasteiger partial charge in [-0.15, -0.1) is 10.2 Å². The molecule has 2 aliphatic rings. The van der Waals surface area contributed by atoms with Crippen LogP contribution in [0.4, 0.5) is 11.4 Å². The SMILES string of the molecule is CC(C)CC(=O)CCCOCCOCCOCCOCCOCCOCCOCCOCCOCCOCCn1nnc2c1-c1ccccc1CN(C(=O)CCNC(=O)C(C)C)c1ccccc1-2.CC(C)CC(=O)CCCOCCOCCOCCOCCOCCOCCOCCOCCOCCOCCn1nnc2c1-c1ccccc1N(C(=O)CCC(=O)CC(C)C)Cc1ccccc1-2. The van der Waals surface area contributed by atoms with Crippen molar-refractivity contribution < 1.29 is 124 Å². The number of fused-ring (bicyclic) bond motifs is 10. The summed E-state index contributed by atoms with van der Waals surface area (Å²) in [6.45, 7) is 36.8. The standard InChI is InChI=1S/C51H78N4O13.C50H77N5O13/c1-41(2)38-44(56)11-9-18-59-20-22-61-24-26-63-28-30-65-32-34-67-36-37-68-35-33-66-31-29-64-27-25-62-23-21-60-19-17-55-51-47-13-7-8-14-48(47)54(49(58)16-15-45(57)39-42(3)4)40-43-10-5-6-12-46(43)50(51)52-53-55;1-40(2)38-43(56)11-9-18-59-20-22-61-24-26-63-28-30-65-32-34-67-36-37-68-35-33-66-31-29-64-27-25-62-23-21-60-19-17-55-49-44-12-6-5-10-42(44)39-54(47(57)15-16-51-50(58)41(3)4)46-14-8-7-13-45(46)48(49)52-53-55/h5-8,10,12-14,41-42H,9,11,15-40H2,1-4H3;5-8,10,12-14,40-41H,9,11,15-39H2,1-4H3,(H,51,58). The molecule has 0 bridgehead atoms. The molecule has 3 amide bonds. The van der Waals surface area contributed by atoms with Crippen LogP contribution in [0.15, 0.2) is 97.1 Å². The van der Waals surface area contributed by atoms with Crippen LogP contribution in [0, 0.1) is 23.7 Å². The summed E-state index contributed by atoms with van der Waals surface area (Å²) in [5.74, 6) is 1.38. The second kappa shape index (κ2) is 73.0. The first-order valence-electron chi connectivity index (χ1n) is 48.7. The Morgan fingerprint density at radius 1 is 0.287 bits per heavy atom. The van der Waals surface area contributed by atoms with E-state index in [4.69, 9.17) is 94.7 Å². The maximum absolute atomic E-state index is 13.8. The minimum absolute atomic E-state index is 0.0775. The number of carbonyl (C=O) groups is 6. The van der Waals surface area contributed by atoms with Crippen LogP contribution in [0.25, 0.3) is 45.0 Å². The highest BCUT2D eigenvalue weighted by molar-refractivity contribution is 6.02. The summed E-state index contributed by atoms with van der Waals surface area (Å²) < 4.78 is 115. The summed E-state index contributed by atoms with van der Waals surface area (Å²) in [5, 5.41) is 21.2. The molecule has 1 N–H and O–H groups in total. The van der Waals surface area contributed by atoms with Gasteiger partial charge in [0, 0.05) is 99.3 Å². The topological polar surface area (TPSA) is 367 Å². The molecule has 0 radical (unpaired) electrons. The van der Waals surface area contributed by atoms with Gasteiger partial charge in [0.2, 0.25) is 17.7 Å². The number of ether oxygens (including phenoxy) is 20. The Morgan fingerprint density at radius 3 is 0.882 bits per heavy atom. The predicted molar refractivity (Wildman–Crippen MR) is 514 cm³/mol. The number of aromatic nitrogens is 6. The van der Waals surface area contributed by atoms with E-state index in [0.717, 1.165) is 74.7 Å². The van der Waals surface area contributed by atoms with Gasteiger partial charge in [0.15, 0.2) is 0 Å². The predicted octanol–water partition coefficient (Wildman–Crippen LogP) is 11.6. The quantitative estimate of drug-likeness (QED) is 0.0347. The number of ketones is 3. The molecule has 0 fully saturated rings. The van der Waals surface area contributed by atoms with Gasteiger partial charge in [-0.1, -0.05) is 151 Å². The van der Waals surface area contributed by atoms with E-state index in [-0.39, 0.29) is 61.1 Å². The third-order valence-corrected chi connectivity index (χ3v) is 20.9. The normalized spacial score (nSPS) is 12.3. The summed E-state index contributed by atoms with van der Waals surface area (Å²) in [7, 11) is 0. The molecule has 4 heterocycles. The fourth-order valence-electron chi connectivity index (χ4n) is 14.3. The summed E-state index contributed by atoms with van der Waals surface area (Å²) in [4.78, 5) is 79.0. The number of Topliss-reactive ketones (excluding diaryl/α,β-unsaturated/α-hetero) is 3. The molecule has 0 saturated carbocycles. The maximum atomic E-state index is 13.8. The van der Waals surface area contributed by atoms with Crippen LogP contribution in [-0.4, -0.2) is 336 Å². The first-order chi connectivity index (χ1) is 66.5. The molecule has 8 rings (SSSR count). The van der Waals surface area contributed by atoms with Crippen LogP contribution in [0.1, 0.15) is 131 Å². The van der Waals surface area contributed by atoms with Crippen molar-refractivity contribution in [2.24, 2.45) is 23.7 Å². The van der Waals surface area contributed by atoms with Crippen molar-refractivity contribution in [3.8, 4) is 45.0 Å². The van der Waals surface area contributed by atoms with Crippen molar-refractivity contribution in [1.29, 1.82) is 0 Å². The van der Waals surface area contributed by atoms with E-state index >= 15 is 0 Å². The zero-order chi connectivity index (χ0) is 96.9. The summed E-state index contributed by atoms with van der Waals surface area (Å²) in [6, 6.07) is 31.5. The Morgan fingerprint density at radius 2 is 0.544 bits per heavy atom. The summed E-state index contributed by atoms with van der Waals surface area (Å²) >= 11 is 0. The number of hydrogen-bond donors (Lipinski definition) is 1. The van der Waals surface area contributed by atoms with Gasteiger partial charge in [-0.3, -0.25) is 28.8 Å². The first-order valence-corrected chi connectivity index (χ1v) is 48.7. The lowest BCUT2D eigenvalue weighted by atomic mass is 9.95. The molecule has 760 valence electrons. The number of para-hydroxylation sites is 2. The summed E-state index contributed by atoms with van der Waals surface area (Å²) in [6.07, 6.45) is 4.98. The van der Waals surface area contributed by atoms with Gasteiger partial charge >= 0.3 is 0 Å². The highest BCUT2D eigenvalue weighted by atomic mass is 16.6. The van der Waals surface area contributed by atoms with Crippen molar-refractivity contribution in [2.75, 3.05) is 281 Å². The molecule has 0 atom stereocenters. The summed E-state index contributed by atoms with van der Waals surface area (Å²) in [5.41, 5.74) is 10.1. The number of nitrogens with one attached hydrogen (secondary N) is 1. The Hall–Kier alpha value is -8.22. The van der Waals surface area contributed by atoms with E-state index < -0.39 is 0 Å². The third-order valence-electron chi connectivity index (χ3n) is 20.9. The lowest BCUT2D eigenvalue weighted by molar-refractivity contribution is -0.124. The van der Waals surface area contributed by atoms with Gasteiger partial charge < -0.3 is 110 Å². The van der Waals surface area contributed by atoms with Gasteiger partial charge in [0.25, 0.3) is 0 Å². The first kappa shape index (κ1) is 115. The van der Waals surface area contributed by atoms with Crippen molar-refractivity contribution >= 4 is 46.4 Å². The molecule has 35 heteroatoms. The van der Waals surface area contributed by atoms with Crippen LogP contribution >= 0.6 is 0 Å². The van der Waals surface area contributed by atoms with Crippen LogP contribution in [0.3, 0.4) is 0 Å². The number of hydrogen-bond acceptors (Lipinski definition) is 30. The number of rotatable bonds is 81. The Balaban J connectivity index is 0.000000371. The molecule has 0 aliphatic carbocycles. The molecule has 136 heavy (non-hydrogen) atoms. The van der Waals surface area contributed by atoms with Crippen molar-refractivity contribution in [2.45, 2.75) is 146 Å². The second-order valence-corrected chi connectivity index (χ2v) is 33.9. The molecule has 4 aromatic carbocycles. The van der Waals surface area contributed by atoms with Crippen molar-refractivity contribution in [3.05, 3.63) is 108 Å². The molecule has 6 aromatic rings. The number of nitrogens with zero attached hydrogens (tertiary/aromatic N) is 8. The fraction of sp³-hybridized carbons (Fsp3) is 0.663. The molecule has 0 unspecified atom stereocenters. The average molecular weight is 1910 g/mol. The Bertz CT molecular complexity index is 4210. The Kier molecular flexibility index (Phi) is 61.6. The smallest absolute Gasteiger partial charge is 0.229 e. The highest BCUT2D eigenvalue weighted by Gasteiger charge is 2.32. The lowest BCUT2D eigenvalue weighted by Crippen LogP contribution is -2.36. The minimum atomic E-state index is -0.150. The molecule has 2 aliphatic heterocycles. The van der Waals surface area contributed by atoms with Crippen molar-refractivity contribution in [3.63, 3.8) is 0 Å². The number of amides is 3. The maximum Gasteiger partial charge on any atom is 0.229 e. The van der Waals surface area contributed by atoms with Crippen LogP contribution in [0.5, 0.6) is 0 Å². The van der Waals surface area contributed by atoms with Gasteiger partial charge in [-0.05, 0) is 53.9 Å². The van der Waals surface area contributed by atoms with Gasteiger partial charge in [-0.25, -0.2) is 9.36 Å². The third kappa shape index (κ3) is 48.6. The van der Waals surface area contributed by atoms with Gasteiger partial charge in [-0.2, -0.15) is 0 Å². The average Bonchev–Trinajstić information content (AvgIpc) is 1.55. The van der Waals surface area contributed by atoms with Crippen LogP contribution < -0.4 is 15.1 Å². The number of carbonyl (C=O) groups excluding carboxylic acids is 6. The number of benzene rings is 4. The second-order valence-electron chi connectivity index (χ2n) is 33.9. The van der Waals surface area contributed by atoms with Crippen LogP contribution in [0.2, 0.25) is 0 Å². The Labute approximate surface area is 804 Å². The zero-order valence-electron chi connectivity index (χ0n) is 82.1. The van der Waals surface area contributed by atoms with E-state index in [9.17, 15) is 28.8 Å². The molecular weight excluding hydrogens is 1760 g/mol. The molecule has 0 spiro atoms. The van der Waals surface area contributed by atoms with Crippen LogP contribution in [-0.2, 0) is 150 Å². The lowest BCUT2D eigenvalue weighted by Gasteiger charge is -2.28. The van der Waals surface area contributed by atoms with E-state index in [0.29, 0.717) is 352 Å². The molecular formula is C101H155N9O26. The largest absolute Gasteiger partial charge is 0.379 e. The zero-order valence-corrected chi connectivity index (χ0v) is 82.1. The van der Waals surface area contributed by atoms with E-state index in [1.807, 2.05) is 134 Å². The van der Waals surface area contributed by atoms with E-state index in [1.54, 1.807) is 9.80 Å². The van der Waals surface area contributed by atoms with Crippen molar-refractivity contribution in [1.82, 2.24) is 35.3 Å². The molecule has 0 saturated heterocycles. The molecule has 2 aromatic heterocycles. The fourth-order valence-corrected chi connectivity index (χ4v) is 14.3. The van der Waals surface area contributed by atoms with Gasteiger partial charge in [0.1, 0.15) is 28.7 Å². The monoisotopic (exact) mass is 1910 g/mol. The minimum Gasteiger partial charge on any atom is -0.379 e. The van der Waals surface area contributed by atoms with E-state index in [2.05, 4.69) is 53.6 Å². The highest BCUT2D eigenvalue weighted by Crippen LogP contribution is 2.43. The molecule has 35 nitrogen and oxygen atoms in total. The number of anilines is 2. The van der Waals surface area contributed by atoms with E-state index in [1.165, 1.54) is 0 Å². The van der Waals surface area contributed by atoms with Gasteiger partial charge in [0.05, 0.1) is 300 Å².